The summed E-state index contributed by atoms with van der Waals surface area (Å²) in [5, 5.41) is 13.1. The first-order chi connectivity index (χ1) is 14.2. The molecule has 1 aliphatic heterocycles. The van der Waals surface area contributed by atoms with Crippen LogP contribution in [-0.4, -0.2) is 46.3 Å². The van der Waals surface area contributed by atoms with E-state index in [2.05, 4.69) is 25.4 Å². The number of fused-ring (bicyclic) bond motifs is 1. The number of hydrogen-bond acceptors (Lipinski definition) is 6. The maximum absolute atomic E-state index is 13.2. The number of benzene rings is 1. The van der Waals surface area contributed by atoms with Crippen molar-refractivity contribution < 1.29 is 17.9 Å². The number of ether oxygens (including phenoxy) is 1. The molecule has 1 N–H and O–H groups in total. The van der Waals surface area contributed by atoms with Gasteiger partial charge in [-0.1, -0.05) is 12.1 Å². The fourth-order valence-electron chi connectivity index (χ4n) is 3.60. The fraction of sp³-hybridized carbons (Fsp3) is 0.381. The molecule has 3 aromatic rings. The molecule has 0 amide bonds. The van der Waals surface area contributed by atoms with Crippen LogP contribution in [0.4, 0.5) is 19.0 Å². The average Bonchev–Trinajstić information content (AvgIpc) is 2.66. The summed E-state index contributed by atoms with van der Waals surface area (Å²) < 4.78 is 45.5. The van der Waals surface area contributed by atoms with Gasteiger partial charge in [0, 0.05) is 42.7 Å². The Bertz CT molecular complexity index is 1080. The van der Waals surface area contributed by atoms with Crippen LogP contribution < -0.4 is 10.1 Å². The molecule has 0 radical (unpaired) electrons. The maximum atomic E-state index is 13.2. The van der Waals surface area contributed by atoms with Crippen LogP contribution >= 0.6 is 0 Å². The Morgan fingerprint density at radius 3 is 2.63 bits per heavy atom. The molecule has 2 aromatic heterocycles. The lowest BCUT2D eigenvalue weighted by atomic mass is 10.0. The molecule has 0 saturated carbocycles. The van der Waals surface area contributed by atoms with Crippen molar-refractivity contribution in [1.82, 2.24) is 20.1 Å². The Morgan fingerprint density at radius 2 is 1.93 bits per heavy atom. The first kappa shape index (κ1) is 20.3. The molecule has 0 bridgehead atoms. The molecule has 0 spiro atoms. The number of aryl methyl sites for hydroxylation is 1. The van der Waals surface area contributed by atoms with E-state index in [9.17, 15) is 13.2 Å². The van der Waals surface area contributed by atoms with Crippen molar-refractivity contribution in [1.29, 1.82) is 0 Å². The Labute approximate surface area is 172 Å². The minimum Gasteiger partial charge on any atom is -0.472 e. The molecule has 0 unspecified atom stereocenters. The van der Waals surface area contributed by atoms with Gasteiger partial charge in [0.15, 0.2) is 5.82 Å². The second kappa shape index (κ2) is 7.71. The molecule has 0 atom stereocenters. The van der Waals surface area contributed by atoms with Crippen molar-refractivity contribution in [3.63, 3.8) is 0 Å². The number of nitrogens with one attached hydrogen (secondary N) is 1. The monoisotopic (exact) mass is 417 g/mol. The average molecular weight is 417 g/mol. The van der Waals surface area contributed by atoms with Crippen LogP contribution in [0, 0.1) is 13.8 Å². The summed E-state index contributed by atoms with van der Waals surface area (Å²) in [7, 11) is 2.02. The van der Waals surface area contributed by atoms with Crippen LogP contribution in [0.15, 0.2) is 30.5 Å². The van der Waals surface area contributed by atoms with E-state index in [0.717, 1.165) is 29.9 Å². The van der Waals surface area contributed by atoms with Crippen LogP contribution in [0.3, 0.4) is 0 Å². The van der Waals surface area contributed by atoms with Crippen molar-refractivity contribution in [2.24, 2.45) is 0 Å². The minimum absolute atomic E-state index is 0.0972. The van der Waals surface area contributed by atoms with E-state index in [0.29, 0.717) is 23.0 Å². The number of pyridine rings is 1. The Hall–Kier alpha value is -2.94. The third kappa shape index (κ3) is 4.02. The van der Waals surface area contributed by atoms with E-state index in [-0.39, 0.29) is 18.2 Å². The van der Waals surface area contributed by atoms with Crippen LogP contribution in [0.5, 0.6) is 5.88 Å². The zero-order valence-corrected chi connectivity index (χ0v) is 16.9. The summed E-state index contributed by atoms with van der Waals surface area (Å²) in [4.78, 5) is 6.51. The van der Waals surface area contributed by atoms with Crippen molar-refractivity contribution in [2.45, 2.75) is 32.7 Å². The van der Waals surface area contributed by atoms with Gasteiger partial charge in [-0.3, -0.25) is 4.90 Å². The van der Waals surface area contributed by atoms with Crippen molar-refractivity contribution in [2.75, 3.05) is 25.5 Å². The van der Waals surface area contributed by atoms with Gasteiger partial charge in [-0.25, -0.2) is 4.98 Å². The van der Waals surface area contributed by atoms with Gasteiger partial charge in [0.05, 0.1) is 11.3 Å². The summed E-state index contributed by atoms with van der Waals surface area (Å²) in [6.07, 6.45) is -2.60. The van der Waals surface area contributed by atoms with Crippen LogP contribution in [-0.2, 0) is 12.7 Å². The lowest BCUT2D eigenvalue weighted by Gasteiger charge is -2.35. The molecule has 1 saturated heterocycles. The molecule has 30 heavy (non-hydrogen) atoms. The molecular formula is C21H22F3N5O. The van der Waals surface area contributed by atoms with E-state index in [4.69, 9.17) is 4.74 Å². The highest BCUT2D eigenvalue weighted by Gasteiger charge is 2.32. The standard InChI is InChI=1S/C21H22F3N5O/c1-12-14(5-4-6-18(12)21(22,23)24)8-26-20-16-7-19(30-15-10-29(3)11-15)25-9-17(16)13(2)27-28-20/h4-7,9,15H,8,10-11H2,1-3H3,(H,26,28). The van der Waals surface area contributed by atoms with Crippen LogP contribution in [0.1, 0.15) is 22.4 Å². The Kier molecular flexibility index (Phi) is 5.23. The third-order valence-electron chi connectivity index (χ3n) is 5.34. The molecule has 0 aliphatic carbocycles. The molecule has 1 aromatic carbocycles. The van der Waals surface area contributed by atoms with E-state index < -0.39 is 11.7 Å². The lowest BCUT2D eigenvalue weighted by Crippen LogP contribution is -2.51. The number of aromatic nitrogens is 3. The van der Waals surface area contributed by atoms with Gasteiger partial charge in [0.2, 0.25) is 5.88 Å². The number of nitrogens with zero attached hydrogens (tertiary/aromatic N) is 4. The molecule has 9 heteroatoms. The predicted octanol–water partition coefficient (Wildman–Crippen LogP) is 3.97. The van der Waals surface area contributed by atoms with Gasteiger partial charge < -0.3 is 10.1 Å². The van der Waals surface area contributed by atoms with Gasteiger partial charge in [0.25, 0.3) is 0 Å². The Balaban J connectivity index is 1.60. The first-order valence-corrected chi connectivity index (χ1v) is 9.60. The third-order valence-corrected chi connectivity index (χ3v) is 5.34. The van der Waals surface area contributed by atoms with E-state index >= 15 is 0 Å². The fourth-order valence-corrected chi connectivity index (χ4v) is 3.60. The van der Waals surface area contributed by atoms with E-state index in [1.807, 2.05) is 14.0 Å². The summed E-state index contributed by atoms with van der Waals surface area (Å²) >= 11 is 0. The second-order valence-electron chi connectivity index (χ2n) is 7.60. The molecular weight excluding hydrogens is 395 g/mol. The second-order valence-corrected chi connectivity index (χ2v) is 7.60. The number of rotatable bonds is 5. The number of halogens is 3. The smallest absolute Gasteiger partial charge is 0.416 e. The predicted molar refractivity (Wildman–Crippen MR) is 107 cm³/mol. The van der Waals surface area contributed by atoms with E-state index in [1.54, 1.807) is 18.3 Å². The van der Waals surface area contributed by atoms with Crippen molar-refractivity contribution >= 4 is 16.6 Å². The van der Waals surface area contributed by atoms with Gasteiger partial charge in [-0.15, -0.1) is 5.10 Å². The molecule has 1 aliphatic rings. The highest BCUT2D eigenvalue weighted by Crippen LogP contribution is 2.33. The highest BCUT2D eigenvalue weighted by molar-refractivity contribution is 5.93. The molecule has 158 valence electrons. The lowest BCUT2D eigenvalue weighted by molar-refractivity contribution is -0.138. The Morgan fingerprint density at radius 1 is 1.17 bits per heavy atom. The SMILES string of the molecule is Cc1c(CNc2nnc(C)c3cnc(OC4CN(C)C4)cc23)cccc1C(F)(F)F. The minimum atomic E-state index is -4.38. The summed E-state index contributed by atoms with van der Waals surface area (Å²) in [6.45, 7) is 5.18. The maximum Gasteiger partial charge on any atom is 0.416 e. The van der Waals surface area contributed by atoms with Crippen molar-refractivity contribution in [3.8, 4) is 5.88 Å². The number of alkyl halides is 3. The quantitative estimate of drug-likeness (QED) is 0.678. The summed E-state index contributed by atoms with van der Waals surface area (Å²) in [5.74, 6) is 0.969. The number of anilines is 1. The van der Waals surface area contributed by atoms with Gasteiger partial charge in [-0.2, -0.15) is 18.3 Å². The number of likely N-dealkylation sites (N-methyl/N-ethyl adjacent to an activating group) is 1. The molecule has 6 nitrogen and oxygen atoms in total. The number of hydrogen-bond donors (Lipinski definition) is 1. The topological polar surface area (TPSA) is 63.2 Å². The van der Waals surface area contributed by atoms with Gasteiger partial charge in [-0.05, 0) is 38.1 Å². The normalized spacial score (nSPS) is 15.3. The summed E-state index contributed by atoms with van der Waals surface area (Å²) in [6, 6.07) is 5.98. The van der Waals surface area contributed by atoms with Crippen LogP contribution in [0.25, 0.3) is 10.8 Å². The molecule has 1 fully saturated rings. The summed E-state index contributed by atoms with van der Waals surface area (Å²) in [5.41, 5.74) is 0.824. The highest BCUT2D eigenvalue weighted by atomic mass is 19.4. The molecule has 3 heterocycles. The van der Waals surface area contributed by atoms with Crippen molar-refractivity contribution in [3.05, 3.63) is 52.8 Å². The molecule has 4 rings (SSSR count). The van der Waals surface area contributed by atoms with Crippen LogP contribution in [0.2, 0.25) is 0 Å². The zero-order chi connectivity index (χ0) is 21.5. The van der Waals surface area contributed by atoms with Gasteiger partial charge in [0.1, 0.15) is 6.10 Å². The number of likely N-dealkylation sites (tertiary alicyclic amines) is 1. The zero-order valence-electron chi connectivity index (χ0n) is 16.9. The van der Waals surface area contributed by atoms with E-state index in [1.165, 1.54) is 13.0 Å². The largest absolute Gasteiger partial charge is 0.472 e. The van der Waals surface area contributed by atoms with Gasteiger partial charge >= 0.3 is 6.18 Å². The first-order valence-electron chi connectivity index (χ1n) is 9.60.